The average molecular weight is 651 g/mol. The maximum atomic E-state index is 12.9. The van der Waals surface area contributed by atoms with Gasteiger partial charge in [0.1, 0.15) is 0 Å². The predicted molar refractivity (Wildman–Crippen MR) is 176 cm³/mol. The first-order valence-electron chi connectivity index (χ1n) is 15.7. The van der Waals surface area contributed by atoms with Crippen LogP contribution in [0.3, 0.4) is 0 Å². The summed E-state index contributed by atoms with van der Waals surface area (Å²) >= 11 is 0. The summed E-state index contributed by atoms with van der Waals surface area (Å²) in [6.07, 6.45) is 0. The second-order valence-corrected chi connectivity index (χ2v) is 11.6. The Morgan fingerprint density at radius 3 is 1.35 bits per heavy atom. The van der Waals surface area contributed by atoms with Crippen LogP contribution in [0.15, 0.2) is 93.3 Å². The molecule has 0 bridgehead atoms. The second kappa shape index (κ2) is 13.8. The number of benzene rings is 3. The van der Waals surface area contributed by atoms with Crippen LogP contribution >= 0.6 is 0 Å². The van der Waals surface area contributed by atoms with E-state index in [0.29, 0.717) is 50.5 Å². The molecule has 0 saturated carbocycles. The van der Waals surface area contributed by atoms with Crippen LogP contribution in [0.2, 0.25) is 0 Å². The number of fused-ring (bicyclic) bond motifs is 2. The molecule has 0 radical (unpaired) electrons. The van der Waals surface area contributed by atoms with Crippen LogP contribution in [0.5, 0.6) is 11.8 Å². The Bertz CT molecular complexity index is 1880. The van der Waals surface area contributed by atoms with Gasteiger partial charge in [0.15, 0.2) is 11.4 Å². The zero-order valence-corrected chi connectivity index (χ0v) is 26.1. The third-order valence-electron chi connectivity index (χ3n) is 8.59. The number of para-hydroxylation sites is 2. The minimum absolute atomic E-state index is 0.0826. The minimum Gasteiger partial charge on any atom is -0.493 e. The second-order valence-electron chi connectivity index (χ2n) is 11.6. The van der Waals surface area contributed by atoms with Gasteiger partial charge in [0.25, 0.3) is 11.8 Å². The molecule has 48 heavy (non-hydrogen) atoms. The van der Waals surface area contributed by atoms with Gasteiger partial charge in [-0.25, -0.2) is 0 Å². The maximum absolute atomic E-state index is 12.9. The molecule has 7 rings (SSSR count). The Kier molecular flexibility index (Phi) is 9.03. The molecule has 2 aliphatic heterocycles. The van der Waals surface area contributed by atoms with E-state index >= 15 is 0 Å². The first kappa shape index (κ1) is 31.3. The van der Waals surface area contributed by atoms with Gasteiger partial charge in [-0.05, 0) is 36.4 Å². The highest BCUT2D eigenvalue weighted by molar-refractivity contribution is 6.00. The zero-order chi connectivity index (χ0) is 33.0. The van der Waals surface area contributed by atoms with E-state index in [2.05, 4.69) is 30.3 Å². The predicted octanol–water partition coefficient (Wildman–Crippen LogP) is 5.43. The molecule has 2 saturated heterocycles. The Balaban J connectivity index is 1.06. The molecule has 0 spiro atoms. The maximum Gasteiger partial charge on any atom is 0.295 e. The van der Waals surface area contributed by atoms with E-state index in [4.69, 9.17) is 9.47 Å². The van der Waals surface area contributed by atoms with Gasteiger partial charge in [0.2, 0.25) is 11.8 Å². The largest absolute Gasteiger partial charge is 0.493 e. The van der Waals surface area contributed by atoms with Crippen LogP contribution in [-0.2, 0) is 22.8 Å². The lowest BCUT2D eigenvalue weighted by atomic mass is 10.1. The number of nitrogens with zero attached hydrogens (tertiary/aromatic N) is 8. The van der Waals surface area contributed by atoms with Crippen LogP contribution < -0.4 is 0 Å². The molecule has 2 N–H and O–H groups in total. The third kappa shape index (κ3) is 6.33. The number of rotatable bonds is 8. The van der Waals surface area contributed by atoms with Crippen molar-refractivity contribution in [3.05, 3.63) is 83.9 Å². The Morgan fingerprint density at radius 2 is 0.958 bits per heavy atom. The van der Waals surface area contributed by atoms with E-state index in [1.165, 1.54) is 24.3 Å². The lowest BCUT2D eigenvalue weighted by molar-refractivity contribution is 0.0231. The molecule has 4 heterocycles. The van der Waals surface area contributed by atoms with Crippen molar-refractivity contribution in [3.63, 3.8) is 0 Å². The summed E-state index contributed by atoms with van der Waals surface area (Å²) in [5.41, 5.74) is 2.35. The van der Waals surface area contributed by atoms with E-state index in [1.54, 1.807) is 9.13 Å². The van der Waals surface area contributed by atoms with Crippen LogP contribution in [-0.4, -0.2) is 93.6 Å². The van der Waals surface area contributed by atoms with Gasteiger partial charge in [0, 0.05) is 48.1 Å². The number of carbonyl (C=O) groups is 2. The SMILES string of the molecule is O=C(N=Nc1c(O)n(CN2CCOCC2)c2ccccc12)c1ccc(C(=O)N=Nc2c(O)n(CN3CCOCC3)c3ccccc23)cc1. The lowest BCUT2D eigenvalue weighted by Gasteiger charge is -2.27. The van der Waals surface area contributed by atoms with Crippen LogP contribution in [0.25, 0.3) is 21.8 Å². The van der Waals surface area contributed by atoms with E-state index in [9.17, 15) is 19.8 Å². The molecule has 14 nitrogen and oxygen atoms in total. The molecule has 0 aliphatic carbocycles. The van der Waals surface area contributed by atoms with Crippen LogP contribution in [0.1, 0.15) is 20.7 Å². The van der Waals surface area contributed by atoms with Gasteiger partial charge in [-0.1, -0.05) is 36.4 Å². The first-order valence-corrected chi connectivity index (χ1v) is 15.7. The van der Waals surface area contributed by atoms with E-state index in [-0.39, 0.29) is 34.3 Å². The van der Waals surface area contributed by atoms with Crippen molar-refractivity contribution in [2.45, 2.75) is 13.3 Å². The summed E-state index contributed by atoms with van der Waals surface area (Å²) < 4.78 is 14.4. The highest BCUT2D eigenvalue weighted by Gasteiger charge is 2.22. The molecular formula is C34H34N8O6. The molecule has 246 valence electrons. The highest BCUT2D eigenvalue weighted by atomic mass is 16.5. The molecule has 0 atom stereocenters. The summed E-state index contributed by atoms with van der Waals surface area (Å²) in [5.74, 6) is -1.45. The topological polar surface area (TPSA) is 159 Å². The normalized spacial score (nSPS) is 16.5. The molecule has 2 fully saturated rings. The number of aromatic nitrogens is 2. The van der Waals surface area contributed by atoms with Crippen molar-refractivity contribution in [3.8, 4) is 11.8 Å². The number of carbonyl (C=O) groups excluding carboxylic acids is 2. The molecule has 2 amide bonds. The third-order valence-corrected chi connectivity index (χ3v) is 8.59. The van der Waals surface area contributed by atoms with Gasteiger partial charge in [-0.2, -0.15) is 0 Å². The van der Waals surface area contributed by atoms with Gasteiger partial charge >= 0.3 is 0 Å². The van der Waals surface area contributed by atoms with Crippen LogP contribution in [0, 0.1) is 0 Å². The van der Waals surface area contributed by atoms with Gasteiger partial charge in [-0.15, -0.1) is 20.5 Å². The van der Waals surface area contributed by atoms with E-state index in [1.807, 2.05) is 48.5 Å². The Labute approximate surface area is 275 Å². The van der Waals surface area contributed by atoms with Crippen molar-refractivity contribution in [1.29, 1.82) is 0 Å². The fourth-order valence-corrected chi connectivity index (χ4v) is 5.97. The number of ether oxygens (including phenoxy) is 2. The van der Waals surface area contributed by atoms with E-state index in [0.717, 1.165) is 37.2 Å². The van der Waals surface area contributed by atoms with Crippen molar-refractivity contribution >= 4 is 45.0 Å². The summed E-state index contributed by atoms with van der Waals surface area (Å²) in [6, 6.07) is 20.6. The summed E-state index contributed by atoms with van der Waals surface area (Å²) in [7, 11) is 0. The molecule has 2 aliphatic rings. The molecule has 3 aromatic carbocycles. The first-order chi connectivity index (χ1) is 23.5. The number of aromatic hydroxyl groups is 2. The number of hydrogen-bond acceptors (Lipinski definition) is 10. The molecular weight excluding hydrogens is 616 g/mol. The van der Waals surface area contributed by atoms with Crippen LogP contribution in [0.4, 0.5) is 11.4 Å². The van der Waals surface area contributed by atoms with Gasteiger partial charge in [0.05, 0.1) is 50.8 Å². The average Bonchev–Trinajstić information content (AvgIpc) is 3.55. The number of hydrogen-bond donors (Lipinski definition) is 2. The molecule has 0 unspecified atom stereocenters. The van der Waals surface area contributed by atoms with Crippen molar-refractivity contribution < 1.29 is 29.3 Å². The fourth-order valence-electron chi connectivity index (χ4n) is 5.97. The monoisotopic (exact) mass is 650 g/mol. The lowest BCUT2D eigenvalue weighted by Crippen LogP contribution is -2.37. The molecule has 2 aromatic heterocycles. The highest BCUT2D eigenvalue weighted by Crippen LogP contribution is 2.40. The number of azo groups is 2. The summed E-state index contributed by atoms with van der Waals surface area (Å²) in [4.78, 5) is 30.2. The fraction of sp³-hybridized carbons (Fsp3) is 0.294. The summed E-state index contributed by atoms with van der Waals surface area (Å²) in [5, 5.41) is 39.5. The van der Waals surface area contributed by atoms with Crippen molar-refractivity contribution in [1.82, 2.24) is 18.9 Å². The molecule has 14 heteroatoms. The minimum atomic E-state index is -0.641. The standard InChI is InChI=1S/C34H34N8O6/c43-31(37-35-29-25-5-1-3-7-27(25)41(33(29)45)21-39-13-17-47-18-14-39)23-9-11-24(12-10-23)32(44)38-36-30-26-6-2-4-8-28(26)42(34(30)46)22-40-15-19-48-20-16-40/h1-12,45-46H,13-22H2. The van der Waals surface area contributed by atoms with Gasteiger partial charge < -0.3 is 19.7 Å². The van der Waals surface area contributed by atoms with Crippen molar-refractivity contribution in [2.75, 3.05) is 52.6 Å². The number of amides is 2. The van der Waals surface area contributed by atoms with E-state index < -0.39 is 11.8 Å². The molecule has 5 aromatic rings. The number of morpholine rings is 2. The summed E-state index contributed by atoms with van der Waals surface area (Å²) in [6.45, 7) is 6.35. The Hall–Kier alpha value is -5.28. The van der Waals surface area contributed by atoms with Crippen molar-refractivity contribution in [2.24, 2.45) is 20.5 Å². The zero-order valence-electron chi connectivity index (χ0n) is 26.1. The Morgan fingerprint density at radius 1 is 0.583 bits per heavy atom. The smallest absolute Gasteiger partial charge is 0.295 e. The van der Waals surface area contributed by atoms with Gasteiger partial charge in [-0.3, -0.25) is 28.5 Å². The quantitative estimate of drug-likeness (QED) is 0.210.